The third-order valence-corrected chi connectivity index (χ3v) is 3.76. The van der Waals surface area contributed by atoms with Gasteiger partial charge in [0.05, 0.1) is 17.5 Å². The Kier molecular flexibility index (Phi) is 3.20. The van der Waals surface area contributed by atoms with Gasteiger partial charge in [-0.25, -0.2) is 4.98 Å². The van der Waals surface area contributed by atoms with Crippen molar-refractivity contribution in [3.05, 3.63) is 84.3 Å². The van der Waals surface area contributed by atoms with Crippen LogP contribution in [0.3, 0.4) is 0 Å². The van der Waals surface area contributed by atoms with Crippen molar-refractivity contribution in [3.8, 4) is 0 Å². The minimum atomic E-state index is -0.0875. The summed E-state index contributed by atoms with van der Waals surface area (Å²) in [6.07, 6.45) is 6.69. The number of benzene rings is 2. The van der Waals surface area contributed by atoms with E-state index in [0.717, 1.165) is 16.8 Å². The Labute approximate surface area is 133 Å². The van der Waals surface area contributed by atoms with Crippen LogP contribution in [0.2, 0.25) is 0 Å². The van der Waals surface area contributed by atoms with Crippen LogP contribution in [0.15, 0.2) is 73.2 Å². The Morgan fingerprint density at radius 2 is 1.70 bits per heavy atom. The van der Waals surface area contributed by atoms with Gasteiger partial charge >= 0.3 is 0 Å². The van der Waals surface area contributed by atoms with E-state index in [-0.39, 0.29) is 5.91 Å². The molecule has 4 rings (SSSR count). The summed E-state index contributed by atoms with van der Waals surface area (Å²) in [7, 11) is 0. The third-order valence-electron chi connectivity index (χ3n) is 3.76. The molecule has 0 unspecified atom stereocenters. The van der Waals surface area contributed by atoms with E-state index in [1.54, 1.807) is 23.5 Å². The molecule has 0 spiro atoms. The van der Waals surface area contributed by atoms with Gasteiger partial charge in [-0.15, -0.1) is 0 Å². The number of nitrogens with zero attached hydrogens (tertiary/aromatic N) is 3. The van der Waals surface area contributed by atoms with Gasteiger partial charge in [0.25, 0.3) is 5.91 Å². The second-order valence-corrected chi connectivity index (χ2v) is 5.19. The Hall–Kier alpha value is -3.27. The highest BCUT2D eigenvalue weighted by Crippen LogP contribution is 2.41. The highest BCUT2D eigenvalue weighted by molar-refractivity contribution is 6.37. The predicted molar refractivity (Wildman–Crippen MR) is 89.9 cm³/mol. The summed E-state index contributed by atoms with van der Waals surface area (Å²) in [5, 5.41) is 0. The second kappa shape index (κ2) is 5.50. The zero-order chi connectivity index (χ0) is 15.6. The lowest BCUT2D eigenvalue weighted by atomic mass is 10.0. The van der Waals surface area contributed by atoms with E-state index < -0.39 is 0 Å². The van der Waals surface area contributed by atoms with Crippen molar-refractivity contribution in [2.45, 2.75) is 0 Å². The summed E-state index contributed by atoms with van der Waals surface area (Å²) >= 11 is 0. The first kappa shape index (κ1) is 13.4. The third kappa shape index (κ3) is 2.30. The highest BCUT2D eigenvalue weighted by Gasteiger charge is 2.33. The van der Waals surface area contributed by atoms with Crippen LogP contribution in [0.4, 0.5) is 11.5 Å². The Bertz CT molecular complexity index is 889. The molecule has 23 heavy (non-hydrogen) atoms. The highest BCUT2D eigenvalue weighted by atomic mass is 16.2. The molecule has 0 atom stereocenters. The summed E-state index contributed by atoms with van der Waals surface area (Å²) in [6.45, 7) is 0. The van der Waals surface area contributed by atoms with E-state index >= 15 is 0 Å². The Balaban J connectivity index is 1.87. The van der Waals surface area contributed by atoms with Gasteiger partial charge in [0, 0.05) is 18.0 Å². The van der Waals surface area contributed by atoms with E-state index in [2.05, 4.69) is 9.97 Å². The zero-order valence-electron chi connectivity index (χ0n) is 12.3. The number of amides is 1. The van der Waals surface area contributed by atoms with Crippen molar-refractivity contribution in [1.29, 1.82) is 0 Å². The monoisotopic (exact) mass is 299 g/mol. The maximum Gasteiger partial charge on any atom is 0.264 e. The van der Waals surface area contributed by atoms with Crippen LogP contribution in [-0.2, 0) is 4.79 Å². The molecule has 4 heteroatoms. The molecule has 0 fully saturated rings. The second-order valence-electron chi connectivity index (χ2n) is 5.19. The Morgan fingerprint density at radius 3 is 2.48 bits per heavy atom. The average molecular weight is 299 g/mol. The Morgan fingerprint density at radius 1 is 0.913 bits per heavy atom. The van der Waals surface area contributed by atoms with Gasteiger partial charge in [-0.05, 0) is 17.7 Å². The van der Waals surface area contributed by atoms with Gasteiger partial charge in [-0.1, -0.05) is 48.5 Å². The van der Waals surface area contributed by atoms with Crippen LogP contribution in [-0.4, -0.2) is 15.9 Å². The van der Waals surface area contributed by atoms with Crippen LogP contribution in [0.5, 0.6) is 0 Å². The summed E-state index contributed by atoms with van der Waals surface area (Å²) in [4.78, 5) is 22.9. The number of aromatic nitrogens is 2. The van der Waals surface area contributed by atoms with Crippen molar-refractivity contribution < 1.29 is 4.79 Å². The van der Waals surface area contributed by atoms with E-state index in [4.69, 9.17) is 0 Å². The largest absolute Gasteiger partial charge is 0.268 e. The number of fused-ring (bicyclic) bond motifs is 1. The van der Waals surface area contributed by atoms with Gasteiger partial charge < -0.3 is 0 Å². The molecule has 0 saturated carbocycles. The molecule has 1 aliphatic heterocycles. The maximum absolute atomic E-state index is 13.0. The van der Waals surface area contributed by atoms with E-state index in [0.29, 0.717) is 11.4 Å². The summed E-state index contributed by atoms with van der Waals surface area (Å²) in [5.74, 6) is 0.442. The van der Waals surface area contributed by atoms with Crippen molar-refractivity contribution in [2.24, 2.45) is 0 Å². The molecule has 0 radical (unpaired) electrons. The number of hydrogen-bond acceptors (Lipinski definition) is 3. The SMILES string of the molecule is O=C1C(=Cc2ccccc2)c2ccccc2N1c1cnccn1. The van der Waals surface area contributed by atoms with Crippen LogP contribution in [0.1, 0.15) is 11.1 Å². The van der Waals surface area contributed by atoms with Crippen LogP contribution in [0, 0.1) is 0 Å². The number of anilines is 2. The smallest absolute Gasteiger partial charge is 0.264 e. The van der Waals surface area contributed by atoms with Crippen molar-refractivity contribution in [2.75, 3.05) is 4.90 Å². The minimum Gasteiger partial charge on any atom is -0.268 e. The first-order valence-electron chi connectivity index (χ1n) is 7.31. The fourth-order valence-corrected chi connectivity index (χ4v) is 2.73. The summed E-state index contributed by atoms with van der Waals surface area (Å²) in [5.41, 5.74) is 3.40. The number of rotatable bonds is 2. The van der Waals surface area contributed by atoms with Gasteiger partial charge in [0.15, 0.2) is 5.82 Å². The lowest BCUT2D eigenvalue weighted by Crippen LogP contribution is -2.21. The molecule has 110 valence electrons. The van der Waals surface area contributed by atoms with Gasteiger partial charge in [-0.2, -0.15) is 0 Å². The fraction of sp³-hybridized carbons (Fsp3) is 0. The zero-order valence-corrected chi connectivity index (χ0v) is 12.3. The molecule has 0 bridgehead atoms. The first-order chi connectivity index (χ1) is 11.3. The van der Waals surface area contributed by atoms with Gasteiger partial charge in [0.2, 0.25) is 0 Å². The summed E-state index contributed by atoms with van der Waals surface area (Å²) in [6, 6.07) is 17.6. The molecule has 2 heterocycles. The predicted octanol–water partition coefficient (Wildman–Crippen LogP) is 3.70. The lowest BCUT2D eigenvalue weighted by molar-refractivity contribution is -0.112. The van der Waals surface area contributed by atoms with Gasteiger partial charge in [-0.3, -0.25) is 14.7 Å². The molecule has 0 saturated heterocycles. The molecule has 2 aromatic carbocycles. The average Bonchev–Trinajstić information content (AvgIpc) is 2.89. The van der Waals surface area contributed by atoms with Crippen LogP contribution < -0.4 is 4.90 Å². The number of hydrogen-bond donors (Lipinski definition) is 0. The molecular weight excluding hydrogens is 286 g/mol. The van der Waals surface area contributed by atoms with Crippen molar-refractivity contribution >= 4 is 29.1 Å². The van der Waals surface area contributed by atoms with Crippen molar-refractivity contribution in [3.63, 3.8) is 0 Å². The number of para-hydroxylation sites is 1. The lowest BCUT2D eigenvalue weighted by Gasteiger charge is -2.14. The van der Waals surface area contributed by atoms with Gasteiger partial charge in [0.1, 0.15) is 0 Å². The van der Waals surface area contributed by atoms with Crippen LogP contribution in [0.25, 0.3) is 11.6 Å². The molecule has 1 aromatic heterocycles. The molecule has 1 amide bonds. The molecule has 3 aromatic rings. The summed E-state index contributed by atoms with van der Waals surface area (Å²) < 4.78 is 0. The molecule has 4 nitrogen and oxygen atoms in total. The normalized spacial score (nSPS) is 15.0. The molecule has 0 aliphatic carbocycles. The molecule has 0 N–H and O–H groups in total. The standard InChI is InChI=1S/C19H13N3O/c23-19-16(12-14-6-2-1-3-7-14)15-8-4-5-9-17(15)22(19)18-13-20-10-11-21-18/h1-13H. The quantitative estimate of drug-likeness (QED) is 0.678. The number of carbonyl (C=O) groups excluding carboxylic acids is 1. The molecular formula is C19H13N3O. The first-order valence-corrected chi connectivity index (χ1v) is 7.31. The fourth-order valence-electron chi connectivity index (χ4n) is 2.73. The van der Waals surface area contributed by atoms with E-state index in [1.807, 2.05) is 60.7 Å². The topological polar surface area (TPSA) is 46.1 Å². The van der Waals surface area contributed by atoms with E-state index in [9.17, 15) is 4.79 Å². The van der Waals surface area contributed by atoms with E-state index in [1.165, 1.54) is 0 Å². The number of carbonyl (C=O) groups is 1. The minimum absolute atomic E-state index is 0.0875. The van der Waals surface area contributed by atoms with Crippen LogP contribution >= 0.6 is 0 Å². The molecule has 1 aliphatic rings. The maximum atomic E-state index is 13.0. The van der Waals surface area contributed by atoms with Crippen molar-refractivity contribution in [1.82, 2.24) is 9.97 Å².